The predicted molar refractivity (Wildman–Crippen MR) is 72.7 cm³/mol. The van der Waals surface area contributed by atoms with Crippen LogP contribution in [0.2, 0.25) is 10.2 Å². The highest BCUT2D eigenvalue weighted by Crippen LogP contribution is 2.24. The molecule has 0 unspecified atom stereocenters. The highest BCUT2D eigenvalue weighted by molar-refractivity contribution is 6.30. The predicted octanol–water partition coefficient (Wildman–Crippen LogP) is 4.70. The molecule has 0 saturated carbocycles. The minimum atomic E-state index is 0.191. The molecule has 0 radical (unpaired) electrons. The lowest BCUT2D eigenvalue weighted by molar-refractivity contribution is 0.457. The maximum absolute atomic E-state index is 5.93. The van der Waals surface area contributed by atoms with Crippen molar-refractivity contribution in [2.45, 2.75) is 19.8 Å². The first-order valence-corrected chi connectivity index (χ1v) is 6.28. The van der Waals surface area contributed by atoms with Crippen molar-refractivity contribution in [1.29, 1.82) is 0 Å². The van der Waals surface area contributed by atoms with Crippen molar-refractivity contribution in [1.82, 2.24) is 9.97 Å². The Morgan fingerprint density at radius 3 is 2.33 bits per heavy atom. The zero-order valence-electron chi connectivity index (χ0n) is 10.0. The summed E-state index contributed by atoms with van der Waals surface area (Å²) in [6, 6.07) is 8.63. The molecule has 0 spiro atoms. The summed E-state index contributed by atoms with van der Waals surface area (Å²) in [7, 11) is 0. The van der Waals surface area contributed by atoms with Gasteiger partial charge >= 0.3 is 0 Å². The maximum Gasteiger partial charge on any atom is 0.224 e. The van der Waals surface area contributed by atoms with E-state index >= 15 is 0 Å². The van der Waals surface area contributed by atoms with E-state index in [1.165, 1.54) is 0 Å². The Bertz CT molecular complexity index is 541. The van der Waals surface area contributed by atoms with Crippen molar-refractivity contribution in [2.24, 2.45) is 0 Å². The molecule has 1 aromatic heterocycles. The van der Waals surface area contributed by atoms with Gasteiger partial charge in [0, 0.05) is 17.0 Å². The van der Waals surface area contributed by atoms with Crippen LogP contribution < -0.4 is 4.74 Å². The summed E-state index contributed by atoms with van der Waals surface area (Å²) in [5, 5.41) is 1.03. The molecular weight excluding hydrogens is 271 g/mol. The Hall–Kier alpha value is -1.32. The average Bonchev–Trinajstić information content (AvgIpc) is 2.31. The molecule has 1 heterocycles. The molecule has 1 aromatic carbocycles. The van der Waals surface area contributed by atoms with Crippen LogP contribution in [-0.2, 0) is 0 Å². The summed E-state index contributed by atoms with van der Waals surface area (Å²) >= 11 is 11.7. The molecule has 18 heavy (non-hydrogen) atoms. The van der Waals surface area contributed by atoms with E-state index in [1.54, 1.807) is 30.3 Å². The second kappa shape index (κ2) is 5.55. The topological polar surface area (TPSA) is 35.0 Å². The summed E-state index contributed by atoms with van der Waals surface area (Å²) < 4.78 is 5.61. The van der Waals surface area contributed by atoms with E-state index in [4.69, 9.17) is 27.9 Å². The fourth-order valence-electron chi connectivity index (χ4n) is 1.35. The molecule has 2 rings (SSSR count). The normalized spacial score (nSPS) is 10.7. The van der Waals surface area contributed by atoms with Crippen LogP contribution in [0.5, 0.6) is 11.6 Å². The van der Waals surface area contributed by atoms with Crippen molar-refractivity contribution in [2.75, 3.05) is 0 Å². The lowest BCUT2D eigenvalue weighted by Crippen LogP contribution is -1.99. The van der Waals surface area contributed by atoms with Crippen molar-refractivity contribution in [3.05, 3.63) is 46.3 Å². The van der Waals surface area contributed by atoms with Crippen LogP contribution >= 0.6 is 23.2 Å². The molecule has 0 aliphatic carbocycles. The fraction of sp³-hybridized carbons (Fsp3) is 0.231. The van der Waals surface area contributed by atoms with Gasteiger partial charge in [-0.1, -0.05) is 37.0 Å². The molecule has 0 N–H and O–H groups in total. The lowest BCUT2D eigenvalue weighted by Gasteiger charge is -2.08. The van der Waals surface area contributed by atoms with E-state index in [1.807, 2.05) is 13.8 Å². The van der Waals surface area contributed by atoms with Gasteiger partial charge in [0.2, 0.25) is 5.88 Å². The second-order valence-electron chi connectivity index (χ2n) is 4.10. The van der Waals surface area contributed by atoms with Crippen LogP contribution in [0, 0.1) is 0 Å². The monoisotopic (exact) mass is 282 g/mol. The van der Waals surface area contributed by atoms with Crippen molar-refractivity contribution < 1.29 is 4.74 Å². The minimum Gasteiger partial charge on any atom is -0.439 e. The van der Waals surface area contributed by atoms with Gasteiger partial charge in [-0.05, 0) is 24.3 Å². The van der Waals surface area contributed by atoms with Crippen LogP contribution in [0.3, 0.4) is 0 Å². The highest BCUT2D eigenvalue weighted by atomic mass is 35.5. The third-order valence-corrected chi connectivity index (χ3v) is 2.69. The summed E-state index contributed by atoms with van der Waals surface area (Å²) in [5.74, 6) is 1.94. The van der Waals surface area contributed by atoms with E-state index < -0.39 is 0 Å². The Kier molecular flexibility index (Phi) is 4.04. The Labute approximate surface area is 116 Å². The standard InChI is InChI=1S/C13H12Cl2N2O/c1-8(2)13-16-11(15)7-12(17-13)18-10-5-3-9(14)4-6-10/h3-8H,1-2H3. The Morgan fingerprint density at radius 1 is 1.06 bits per heavy atom. The van der Waals surface area contributed by atoms with E-state index in [2.05, 4.69) is 9.97 Å². The number of halogens is 2. The third-order valence-electron chi connectivity index (χ3n) is 2.24. The van der Waals surface area contributed by atoms with Crippen LogP contribution in [0.4, 0.5) is 0 Å². The van der Waals surface area contributed by atoms with E-state index in [-0.39, 0.29) is 5.92 Å². The second-order valence-corrected chi connectivity index (χ2v) is 4.92. The minimum absolute atomic E-state index is 0.191. The van der Waals surface area contributed by atoms with Gasteiger partial charge in [0.25, 0.3) is 0 Å². The molecule has 0 fully saturated rings. The highest BCUT2D eigenvalue weighted by Gasteiger charge is 2.08. The van der Waals surface area contributed by atoms with Crippen molar-refractivity contribution in [3.8, 4) is 11.6 Å². The largest absolute Gasteiger partial charge is 0.439 e. The van der Waals surface area contributed by atoms with Crippen molar-refractivity contribution in [3.63, 3.8) is 0 Å². The first-order chi connectivity index (χ1) is 8.54. The summed E-state index contributed by atoms with van der Waals surface area (Å²) in [4.78, 5) is 8.44. The number of ether oxygens (including phenoxy) is 1. The van der Waals surface area contributed by atoms with Crippen molar-refractivity contribution >= 4 is 23.2 Å². The smallest absolute Gasteiger partial charge is 0.224 e. The molecule has 3 nitrogen and oxygen atoms in total. The summed E-state index contributed by atoms with van der Waals surface area (Å²) in [6.07, 6.45) is 0. The Morgan fingerprint density at radius 2 is 1.72 bits per heavy atom. The molecule has 0 bridgehead atoms. The number of benzene rings is 1. The van der Waals surface area contributed by atoms with Gasteiger partial charge in [0.1, 0.15) is 16.7 Å². The fourth-order valence-corrected chi connectivity index (χ4v) is 1.65. The van der Waals surface area contributed by atoms with Gasteiger partial charge in [-0.15, -0.1) is 0 Å². The molecule has 0 aliphatic heterocycles. The van der Waals surface area contributed by atoms with Gasteiger partial charge in [-0.3, -0.25) is 0 Å². The molecule has 0 atom stereocenters. The summed E-state index contributed by atoms with van der Waals surface area (Å²) in [5.41, 5.74) is 0. The lowest BCUT2D eigenvalue weighted by atomic mass is 10.2. The number of hydrogen-bond acceptors (Lipinski definition) is 3. The zero-order chi connectivity index (χ0) is 13.1. The molecular formula is C13H12Cl2N2O. The average molecular weight is 283 g/mol. The molecule has 0 saturated heterocycles. The SMILES string of the molecule is CC(C)c1nc(Cl)cc(Oc2ccc(Cl)cc2)n1. The van der Waals surface area contributed by atoms with Gasteiger partial charge in [0.05, 0.1) is 0 Å². The quantitative estimate of drug-likeness (QED) is 0.766. The van der Waals surface area contributed by atoms with Gasteiger partial charge in [-0.25, -0.2) is 4.98 Å². The number of nitrogens with zero attached hydrogens (tertiary/aromatic N) is 2. The van der Waals surface area contributed by atoms with Crippen LogP contribution in [0.15, 0.2) is 30.3 Å². The number of aromatic nitrogens is 2. The molecule has 94 valence electrons. The first kappa shape index (κ1) is 13.1. The number of hydrogen-bond donors (Lipinski definition) is 0. The molecule has 0 aliphatic rings. The first-order valence-electron chi connectivity index (χ1n) is 5.52. The zero-order valence-corrected chi connectivity index (χ0v) is 11.5. The molecule has 0 amide bonds. The molecule has 2 aromatic rings. The van der Waals surface area contributed by atoms with Crippen LogP contribution in [0.25, 0.3) is 0 Å². The number of rotatable bonds is 3. The van der Waals surface area contributed by atoms with Crippen LogP contribution in [0.1, 0.15) is 25.6 Å². The van der Waals surface area contributed by atoms with Gasteiger partial charge in [0.15, 0.2) is 0 Å². The van der Waals surface area contributed by atoms with E-state index in [0.717, 1.165) is 0 Å². The third kappa shape index (κ3) is 3.34. The summed E-state index contributed by atoms with van der Waals surface area (Å²) in [6.45, 7) is 4.00. The van der Waals surface area contributed by atoms with E-state index in [9.17, 15) is 0 Å². The maximum atomic E-state index is 5.93. The molecule has 5 heteroatoms. The van der Waals surface area contributed by atoms with E-state index in [0.29, 0.717) is 27.6 Å². The van der Waals surface area contributed by atoms with Gasteiger partial charge in [-0.2, -0.15) is 4.98 Å². The Balaban J connectivity index is 2.26. The van der Waals surface area contributed by atoms with Gasteiger partial charge < -0.3 is 4.74 Å². The van der Waals surface area contributed by atoms with Crippen LogP contribution in [-0.4, -0.2) is 9.97 Å².